The van der Waals surface area contributed by atoms with Crippen LogP contribution in [0, 0.1) is 0 Å². The van der Waals surface area contributed by atoms with Gasteiger partial charge >= 0.3 is 5.97 Å². The minimum atomic E-state index is -0.794. The fourth-order valence-electron chi connectivity index (χ4n) is 4.88. The van der Waals surface area contributed by atoms with E-state index in [1.54, 1.807) is 18.9 Å². The Morgan fingerprint density at radius 3 is 1.79 bits per heavy atom. The summed E-state index contributed by atoms with van der Waals surface area (Å²) in [6.07, 6.45) is 3.09. The number of allylic oxidation sites excluding steroid dienone is 1. The number of aliphatic carboxylic acids is 1. The third kappa shape index (κ3) is 9.33. The Bertz CT molecular complexity index is 1360. The average Bonchev–Trinajstić information content (AvgIpc) is 2.99. The number of hydrogen-bond donors (Lipinski definition) is 1. The highest BCUT2D eigenvalue weighted by molar-refractivity contribution is 6.00. The number of carbonyl (C=O) groups is 3. The van der Waals surface area contributed by atoms with E-state index in [1.807, 2.05) is 60.7 Å². The van der Waals surface area contributed by atoms with Crippen LogP contribution in [0.5, 0.6) is 11.5 Å². The van der Waals surface area contributed by atoms with Gasteiger partial charge < -0.3 is 19.5 Å². The zero-order valence-electron chi connectivity index (χ0n) is 25.0. The number of ether oxygens (including phenoxy) is 2. The second-order valence-corrected chi connectivity index (χ2v) is 10.2. The van der Waals surface area contributed by atoms with Crippen molar-refractivity contribution in [2.75, 3.05) is 26.8 Å². The zero-order chi connectivity index (χ0) is 30.5. The van der Waals surface area contributed by atoms with Gasteiger partial charge in [-0.1, -0.05) is 61.9 Å². The fourth-order valence-corrected chi connectivity index (χ4v) is 4.88. The Kier molecular flexibility index (Phi) is 12.4. The lowest BCUT2D eigenvalue weighted by Crippen LogP contribution is -2.33. The van der Waals surface area contributed by atoms with Gasteiger partial charge in [-0.25, -0.2) is 0 Å². The van der Waals surface area contributed by atoms with Crippen molar-refractivity contribution in [3.8, 4) is 11.5 Å². The summed E-state index contributed by atoms with van der Waals surface area (Å²) in [5, 5.41) is 8.78. The van der Waals surface area contributed by atoms with Crippen molar-refractivity contribution < 1.29 is 29.0 Å². The molecule has 0 unspecified atom stereocenters. The Labute approximate surface area is 248 Å². The summed E-state index contributed by atoms with van der Waals surface area (Å²) >= 11 is 0. The largest absolute Gasteiger partial charge is 0.497 e. The first-order valence-corrected chi connectivity index (χ1v) is 14.4. The Hall–Kier alpha value is -4.39. The number of amides is 1. The summed E-state index contributed by atoms with van der Waals surface area (Å²) in [5.41, 5.74) is 6.05. The molecule has 0 radical (unpaired) electrons. The molecule has 0 saturated heterocycles. The molecule has 0 aliphatic heterocycles. The first-order chi connectivity index (χ1) is 20.2. The minimum Gasteiger partial charge on any atom is -0.497 e. The predicted molar refractivity (Wildman–Crippen MR) is 166 cm³/mol. The van der Waals surface area contributed by atoms with Gasteiger partial charge in [0.05, 0.1) is 13.7 Å². The molecule has 0 aliphatic rings. The summed E-state index contributed by atoms with van der Waals surface area (Å²) < 4.78 is 11.3. The number of carbonyl (C=O) groups excluding carboxylic acids is 2. The smallest absolute Gasteiger partial charge is 0.303 e. The van der Waals surface area contributed by atoms with Crippen LogP contribution in [0.15, 0.2) is 72.8 Å². The van der Waals surface area contributed by atoms with E-state index in [2.05, 4.69) is 19.1 Å². The maximum absolute atomic E-state index is 12.1. The number of unbranched alkanes of at least 4 members (excludes halogenated alkanes) is 2. The van der Waals surface area contributed by atoms with Crippen LogP contribution in [-0.2, 0) is 9.59 Å². The zero-order valence-corrected chi connectivity index (χ0v) is 25.0. The molecular formula is C35H41NO6. The van der Waals surface area contributed by atoms with Gasteiger partial charge in [-0.15, -0.1) is 0 Å². The van der Waals surface area contributed by atoms with Gasteiger partial charge in [0.25, 0.3) is 0 Å². The first-order valence-electron chi connectivity index (χ1n) is 14.4. The highest BCUT2D eigenvalue weighted by atomic mass is 16.5. The second-order valence-electron chi connectivity index (χ2n) is 10.2. The van der Waals surface area contributed by atoms with Crippen LogP contribution in [0.3, 0.4) is 0 Å². The topological polar surface area (TPSA) is 93.1 Å². The van der Waals surface area contributed by atoms with Crippen LogP contribution >= 0.6 is 0 Å². The van der Waals surface area contributed by atoms with Gasteiger partial charge in [-0.05, 0) is 78.3 Å². The maximum Gasteiger partial charge on any atom is 0.303 e. The number of carboxylic acids is 1. The lowest BCUT2D eigenvalue weighted by molar-refractivity contribution is -0.137. The van der Waals surface area contributed by atoms with E-state index in [-0.39, 0.29) is 18.1 Å². The fraction of sp³-hybridized carbons (Fsp3) is 0.343. The molecule has 7 heteroatoms. The Morgan fingerprint density at radius 2 is 1.26 bits per heavy atom. The van der Waals surface area contributed by atoms with E-state index in [0.717, 1.165) is 47.3 Å². The number of methoxy groups -OCH3 is 1. The number of ketones is 1. The molecule has 0 aromatic heterocycles. The molecule has 0 atom stereocenters. The standard InChI is InChI=1S/C35H41NO6/c1-5-33(28-14-18-31(41-4)19-15-28)35(29-12-10-27(11-13-29)25(2)37)30-16-20-32(21-17-30)42-24-23-36(26(3)38)22-8-6-7-9-34(39)40/h10-21H,5-9,22-24H2,1-4H3,(H,39,40). The van der Waals surface area contributed by atoms with E-state index < -0.39 is 5.97 Å². The molecule has 3 aromatic rings. The summed E-state index contributed by atoms with van der Waals surface area (Å²) in [6.45, 7) is 6.64. The van der Waals surface area contributed by atoms with Crippen LogP contribution in [-0.4, -0.2) is 54.5 Å². The average molecular weight is 572 g/mol. The molecule has 0 saturated carbocycles. The summed E-state index contributed by atoms with van der Waals surface area (Å²) in [5.74, 6) is 0.712. The van der Waals surface area contributed by atoms with Crippen molar-refractivity contribution in [3.63, 3.8) is 0 Å². The van der Waals surface area contributed by atoms with Gasteiger partial charge in [0, 0.05) is 25.5 Å². The number of hydrogen-bond acceptors (Lipinski definition) is 5. The third-order valence-electron chi connectivity index (χ3n) is 7.21. The van der Waals surface area contributed by atoms with Gasteiger partial charge in [0.2, 0.25) is 5.91 Å². The van der Waals surface area contributed by atoms with Crippen molar-refractivity contribution >= 4 is 28.8 Å². The number of rotatable bonds is 16. The van der Waals surface area contributed by atoms with Crippen LogP contribution < -0.4 is 9.47 Å². The highest BCUT2D eigenvalue weighted by Crippen LogP contribution is 2.35. The molecule has 3 rings (SSSR count). The summed E-state index contributed by atoms with van der Waals surface area (Å²) in [4.78, 5) is 36.4. The van der Waals surface area contributed by atoms with Crippen molar-refractivity contribution in [3.05, 3.63) is 95.1 Å². The molecule has 222 valence electrons. The Morgan fingerprint density at radius 1 is 0.714 bits per heavy atom. The molecular weight excluding hydrogens is 530 g/mol. The van der Waals surface area contributed by atoms with Crippen molar-refractivity contribution in [1.29, 1.82) is 0 Å². The first kappa shape index (κ1) is 32.1. The van der Waals surface area contributed by atoms with Gasteiger partial charge in [-0.2, -0.15) is 0 Å². The number of benzene rings is 3. The Balaban J connectivity index is 1.79. The van der Waals surface area contributed by atoms with Crippen LogP contribution in [0.2, 0.25) is 0 Å². The van der Waals surface area contributed by atoms with E-state index >= 15 is 0 Å². The molecule has 0 fully saturated rings. The molecule has 7 nitrogen and oxygen atoms in total. The number of carboxylic acid groups (broad SMARTS) is 1. The normalized spacial score (nSPS) is 11.4. The molecule has 42 heavy (non-hydrogen) atoms. The number of Topliss-reactive ketones (excluding diaryl/α,β-unsaturated/α-hetero) is 1. The van der Waals surface area contributed by atoms with Crippen molar-refractivity contribution in [2.45, 2.75) is 52.9 Å². The van der Waals surface area contributed by atoms with Crippen LogP contribution in [0.4, 0.5) is 0 Å². The highest BCUT2D eigenvalue weighted by Gasteiger charge is 2.15. The van der Waals surface area contributed by atoms with Crippen LogP contribution in [0.1, 0.15) is 79.9 Å². The molecule has 3 aromatic carbocycles. The van der Waals surface area contributed by atoms with E-state index in [4.69, 9.17) is 14.6 Å². The molecule has 0 bridgehead atoms. The summed E-state index contributed by atoms with van der Waals surface area (Å²) in [7, 11) is 1.65. The molecule has 0 heterocycles. The van der Waals surface area contributed by atoms with Crippen molar-refractivity contribution in [1.82, 2.24) is 4.90 Å². The van der Waals surface area contributed by atoms with Gasteiger partial charge in [-0.3, -0.25) is 14.4 Å². The van der Waals surface area contributed by atoms with E-state index in [1.165, 1.54) is 12.5 Å². The maximum atomic E-state index is 12.1. The molecule has 1 amide bonds. The molecule has 0 spiro atoms. The quantitative estimate of drug-likeness (QED) is 0.112. The van der Waals surface area contributed by atoms with E-state index in [9.17, 15) is 14.4 Å². The monoisotopic (exact) mass is 571 g/mol. The van der Waals surface area contributed by atoms with Gasteiger partial charge in [0.1, 0.15) is 18.1 Å². The third-order valence-corrected chi connectivity index (χ3v) is 7.21. The second kappa shape index (κ2) is 16.2. The number of nitrogens with zero attached hydrogens (tertiary/aromatic N) is 1. The van der Waals surface area contributed by atoms with Crippen LogP contribution in [0.25, 0.3) is 11.1 Å². The van der Waals surface area contributed by atoms with Crippen molar-refractivity contribution in [2.24, 2.45) is 0 Å². The SMILES string of the molecule is CCC(=C(c1ccc(OCCN(CCCCCC(=O)O)C(C)=O)cc1)c1ccc(C(C)=O)cc1)c1ccc(OC)cc1. The predicted octanol–water partition coefficient (Wildman–Crippen LogP) is 7.14. The minimum absolute atomic E-state index is 0.0246. The summed E-state index contributed by atoms with van der Waals surface area (Å²) in [6, 6.07) is 23.7. The lowest BCUT2D eigenvalue weighted by Gasteiger charge is -2.21. The lowest BCUT2D eigenvalue weighted by atomic mass is 9.87. The molecule has 1 N–H and O–H groups in total. The van der Waals surface area contributed by atoms with E-state index in [0.29, 0.717) is 37.4 Å². The molecule has 0 aliphatic carbocycles. The van der Waals surface area contributed by atoms with Gasteiger partial charge in [0.15, 0.2) is 5.78 Å².